The number of hydrogen-bond acceptors (Lipinski definition) is 7. The Morgan fingerprint density at radius 3 is 2.48 bits per heavy atom. The highest BCUT2D eigenvalue weighted by atomic mass is 35.5. The summed E-state index contributed by atoms with van der Waals surface area (Å²) >= 11 is 5.85. The zero-order valence-corrected chi connectivity index (χ0v) is 17.7. The molecule has 2 aromatic carbocycles. The van der Waals surface area contributed by atoms with Crippen molar-refractivity contribution in [3.63, 3.8) is 0 Å². The fraction of sp³-hybridized carbons (Fsp3) is 0.200. The Balaban J connectivity index is 2.36. The van der Waals surface area contributed by atoms with Crippen molar-refractivity contribution < 1.29 is 42.0 Å². The molecule has 0 aliphatic carbocycles. The lowest BCUT2D eigenvalue weighted by molar-refractivity contribution is -0.385. The van der Waals surface area contributed by atoms with Crippen molar-refractivity contribution in [2.75, 3.05) is 13.2 Å². The van der Waals surface area contributed by atoms with Gasteiger partial charge in [0, 0.05) is 12.1 Å². The largest absolute Gasteiger partial charge is 0.456 e. The topological polar surface area (TPSA) is 108 Å². The number of ether oxygens (including phenoxy) is 2. The molecule has 0 bridgehead atoms. The van der Waals surface area contributed by atoms with Crippen LogP contribution in [0.2, 0.25) is 5.02 Å². The van der Waals surface area contributed by atoms with E-state index >= 15 is 0 Å². The normalized spacial score (nSPS) is 10.8. The van der Waals surface area contributed by atoms with Crippen LogP contribution in [0, 0.1) is 10.1 Å². The van der Waals surface area contributed by atoms with E-state index in [4.69, 9.17) is 25.9 Å². The molecule has 0 unspecified atom stereocenters. The van der Waals surface area contributed by atoms with Gasteiger partial charge in [0.2, 0.25) is 0 Å². The number of hydrogen-bond donors (Lipinski definition) is 0. The van der Waals surface area contributed by atoms with E-state index in [0.29, 0.717) is 11.1 Å². The van der Waals surface area contributed by atoms with Gasteiger partial charge in [-0.3, -0.25) is 10.1 Å². The number of nitro groups is 1. The average Bonchev–Trinajstić information content (AvgIpc) is 2.74. The third kappa shape index (κ3) is 6.59. The third-order valence-corrected chi connectivity index (χ3v) is 4.13. The molecule has 176 valence electrons. The molecule has 0 saturated heterocycles. The highest BCUT2D eigenvalue weighted by Crippen LogP contribution is 2.37. The maximum atomic E-state index is 12.8. The molecule has 9 nitrogen and oxygen atoms in total. The van der Waals surface area contributed by atoms with Crippen molar-refractivity contribution in [3.8, 4) is 11.5 Å². The number of nitrogens with zero attached hydrogens (tertiary/aromatic N) is 2. The van der Waals surface area contributed by atoms with Gasteiger partial charge >= 0.3 is 18.2 Å². The van der Waals surface area contributed by atoms with Gasteiger partial charge in [-0.15, -0.1) is 11.6 Å². The molecule has 2 aromatic rings. The lowest BCUT2D eigenvalue weighted by Gasteiger charge is -2.18. The van der Waals surface area contributed by atoms with Crippen LogP contribution < -0.4 is 4.74 Å². The second kappa shape index (κ2) is 10.7. The molecule has 0 fully saturated rings. The number of carbonyl (C=O) groups is 2. The van der Waals surface area contributed by atoms with Gasteiger partial charge in [0.25, 0.3) is 5.69 Å². The molecule has 0 heterocycles. The predicted octanol–water partition coefficient (Wildman–Crippen LogP) is 5.78. The molecular formula is C20H16ClF3N2O7. The number of hydroxylamine groups is 2. The van der Waals surface area contributed by atoms with Gasteiger partial charge in [0.15, 0.2) is 0 Å². The zero-order valence-electron chi connectivity index (χ0n) is 16.9. The van der Waals surface area contributed by atoms with Crippen LogP contribution in [0.4, 0.5) is 23.7 Å². The summed E-state index contributed by atoms with van der Waals surface area (Å²) in [6.07, 6.45) is -4.43. The number of amides is 1. The SMILES string of the molecule is C=CCN(OC(=O)c1cc(Oc2ccc(C(F)(F)F)cc2Cl)ccc1[N+](=O)[O-])C(=O)OCC. The van der Waals surface area contributed by atoms with Crippen molar-refractivity contribution in [2.45, 2.75) is 13.1 Å². The van der Waals surface area contributed by atoms with E-state index in [1.165, 1.54) is 13.0 Å². The molecule has 0 radical (unpaired) electrons. The molecule has 0 spiro atoms. The Labute approximate surface area is 190 Å². The minimum absolute atomic E-state index is 0.0264. The maximum Gasteiger partial charge on any atom is 0.443 e. The number of halogens is 4. The van der Waals surface area contributed by atoms with Gasteiger partial charge in [-0.1, -0.05) is 17.7 Å². The standard InChI is InChI=1S/C20H16ClF3N2O7/c1-3-9-25(19(28)31-4-2)33-18(27)14-11-13(6-7-16(14)26(29)30)32-17-8-5-12(10-15(17)21)20(22,23)24/h3,5-8,10-11H,1,4,9H2,2H3. The van der Waals surface area contributed by atoms with Crippen LogP contribution in [0.1, 0.15) is 22.8 Å². The molecule has 0 N–H and O–H groups in total. The first kappa shape index (κ1) is 25.5. The van der Waals surface area contributed by atoms with E-state index < -0.39 is 40.0 Å². The number of alkyl halides is 3. The third-order valence-electron chi connectivity index (χ3n) is 3.83. The van der Waals surface area contributed by atoms with Crippen molar-refractivity contribution in [1.82, 2.24) is 5.06 Å². The summed E-state index contributed by atoms with van der Waals surface area (Å²) < 4.78 is 48.5. The summed E-state index contributed by atoms with van der Waals surface area (Å²) in [6, 6.07) is 5.28. The second-order valence-corrected chi connectivity index (χ2v) is 6.52. The molecule has 0 atom stereocenters. The number of rotatable bonds is 7. The molecule has 0 aromatic heterocycles. The van der Waals surface area contributed by atoms with Gasteiger partial charge in [0.1, 0.15) is 17.1 Å². The van der Waals surface area contributed by atoms with Crippen LogP contribution in [0.25, 0.3) is 0 Å². The number of benzene rings is 2. The Bertz CT molecular complexity index is 1080. The van der Waals surface area contributed by atoms with Gasteiger partial charge < -0.3 is 14.3 Å². The average molecular weight is 489 g/mol. The molecule has 33 heavy (non-hydrogen) atoms. The van der Waals surface area contributed by atoms with E-state index in [0.717, 1.165) is 30.3 Å². The van der Waals surface area contributed by atoms with Crippen LogP contribution >= 0.6 is 11.6 Å². The minimum Gasteiger partial charge on any atom is -0.456 e. The molecular weight excluding hydrogens is 473 g/mol. The number of nitro benzene ring substituents is 1. The summed E-state index contributed by atoms with van der Waals surface area (Å²) in [5.74, 6) is -1.65. The van der Waals surface area contributed by atoms with E-state index in [-0.39, 0.29) is 29.7 Å². The summed E-state index contributed by atoms with van der Waals surface area (Å²) in [7, 11) is 0. The van der Waals surface area contributed by atoms with Crippen LogP contribution in [0.5, 0.6) is 11.5 Å². The Morgan fingerprint density at radius 1 is 1.24 bits per heavy atom. The Hall–Kier alpha value is -3.80. The summed E-state index contributed by atoms with van der Waals surface area (Å²) in [5.41, 5.74) is -2.28. The molecule has 1 amide bonds. The first-order chi connectivity index (χ1) is 15.5. The lowest BCUT2D eigenvalue weighted by Crippen LogP contribution is -2.34. The molecule has 13 heteroatoms. The summed E-state index contributed by atoms with van der Waals surface area (Å²) in [5, 5.41) is 11.5. The van der Waals surface area contributed by atoms with E-state index in [2.05, 4.69) is 6.58 Å². The highest BCUT2D eigenvalue weighted by molar-refractivity contribution is 6.32. The fourth-order valence-electron chi connectivity index (χ4n) is 2.40. The summed E-state index contributed by atoms with van der Waals surface area (Å²) in [4.78, 5) is 39.8. The van der Waals surface area contributed by atoms with Crippen molar-refractivity contribution >= 4 is 29.4 Å². The number of carbonyl (C=O) groups excluding carboxylic acids is 2. The smallest absolute Gasteiger partial charge is 0.443 e. The van der Waals surface area contributed by atoms with Crippen LogP contribution in [0.15, 0.2) is 49.1 Å². The predicted molar refractivity (Wildman–Crippen MR) is 109 cm³/mol. The zero-order chi connectivity index (χ0) is 24.8. The summed E-state index contributed by atoms with van der Waals surface area (Å²) in [6.45, 7) is 4.63. The quantitative estimate of drug-likeness (QED) is 0.276. The van der Waals surface area contributed by atoms with E-state index in [1.807, 2.05) is 0 Å². The first-order valence-electron chi connectivity index (χ1n) is 9.08. The highest BCUT2D eigenvalue weighted by Gasteiger charge is 2.31. The second-order valence-electron chi connectivity index (χ2n) is 6.11. The monoisotopic (exact) mass is 488 g/mol. The molecule has 0 saturated carbocycles. The molecule has 2 rings (SSSR count). The Kier molecular flexibility index (Phi) is 8.24. The maximum absolute atomic E-state index is 12.8. The van der Waals surface area contributed by atoms with E-state index in [9.17, 15) is 32.9 Å². The van der Waals surface area contributed by atoms with Crippen LogP contribution in [-0.4, -0.2) is 35.2 Å². The Morgan fingerprint density at radius 2 is 1.94 bits per heavy atom. The molecule has 0 aliphatic rings. The fourth-order valence-corrected chi connectivity index (χ4v) is 2.62. The lowest BCUT2D eigenvalue weighted by atomic mass is 10.1. The first-order valence-corrected chi connectivity index (χ1v) is 9.46. The van der Waals surface area contributed by atoms with Gasteiger partial charge in [-0.25, -0.2) is 9.59 Å². The van der Waals surface area contributed by atoms with Crippen molar-refractivity contribution in [3.05, 3.63) is 75.3 Å². The minimum atomic E-state index is -4.62. The molecule has 0 aliphatic heterocycles. The van der Waals surface area contributed by atoms with Crippen molar-refractivity contribution in [1.29, 1.82) is 0 Å². The van der Waals surface area contributed by atoms with Gasteiger partial charge in [-0.05, 0) is 31.2 Å². The van der Waals surface area contributed by atoms with Gasteiger partial charge in [-0.2, -0.15) is 13.2 Å². The van der Waals surface area contributed by atoms with Crippen LogP contribution in [0.3, 0.4) is 0 Å². The van der Waals surface area contributed by atoms with Crippen LogP contribution in [-0.2, 0) is 15.8 Å². The van der Waals surface area contributed by atoms with Gasteiger partial charge in [0.05, 0.1) is 28.7 Å². The van der Waals surface area contributed by atoms with E-state index in [1.54, 1.807) is 0 Å². The van der Waals surface area contributed by atoms with Crippen molar-refractivity contribution in [2.24, 2.45) is 0 Å².